The summed E-state index contributed by atoms with van der Waals surface area (Å²) in [5.41, 5.74) is 0.0437. The lowest BCUT2D eigenvalue weighted by Crippen LogP contribution is -2.47. The van der Waals surface area contributed by atoms with Crippen LogP contribution in [0.1, 0.15) is 25.7 Å². The van der Waals surface area contributed by atoms with Crippen LogP contribution < -0.4 is 9.80 Å². The molecule has 1 fully saturated rings. The Balaban J connectivity index is 1.85. The number of carboxylic acids is 1. The van der Waals surface area contributed by atoms with Gasteiger partial charge in [0.05, 0.1) is 21.8 Å². The SMILES string of the molecule is CN(C(=O)N(c1ccc(F)cc1F)C1CCCC1)c1ncc(SCC(=O)O)s1. The van der Waals surface area contributed by atoms with Gasteiger partial charge in [-0.05, 0) is 25.0 Å². The number of nitrogens with zero attached hydrogens (tertiary/aromatic N) is 3. The maximum absolute atomic E-state index is 14.4. The van der Waals surface area contributed by atoms with Crippen molar-refractivity contribution in [1.29, 1.82) is 0 Å². The second-order valence-electron chi connectivity index (χ2n) is 6.39. The lowest BCUT2D eigenvalue weighted by atomic mass is 10.1. The van der Waals surface area contributed by atoms with Gasteiger partial charge in [0.25, 0.3) is 0 Å². The zero-order valence-electron chi connectivity index (χ0n) is 15.1. The Morgan fingerprint density at radius 1 is 1.32 bits per heavy atom. The molecule has 1 aliphatic carbocycles. The second kappa shape index (κ2) is 8.87. The van der Waals surface area contributed by atoms with Crippen molar-refractivity contribution in [2.24, 2.45) is 0 Å². The summed E-state index contributed by atoms with van der Waals surface area (Å²) in [6.07, 6.45) is 4.88. The van der Waals surface area contributed by atoms with Crippen LogP contribution in [-0.2, 0) is 4.79 Å². The molecule has 10 heteroatoms. The summed E-state index contributed by atoms with van der Waals surface area (Å²) in [4.78, 5) is 30.8. The van der Waals surface area contributed by atoms with Crippen LogP contribution in [0.25, 0.3) is 0 Å². The van der Waals surface area contributed by atoms with E-state index in [-0.39, 0.29) is 17.5 Å². The van der Waals surface area contributed by atoms with Crippen molar-refractivity contribution in [2.75, 3.05) is 22.6 Å². The van der Waals surface area contributed by atoms with Gasteiger partial charge in [0.15, 0.2) is 5.13 Å². The van der Waals surface area contributed by atoms with Crippen molar-refractivity contribution in [3.63, 3.8) is 0 Å². The van der Waals surface area contributed by atoms with Gasteiger partial charge >= 0.3 is 12.0 Å². The number of carbonyl (C=O) groups is 2. The number of carboxylic acid groups (broad SMARTS) is 1. The number of halogens is 2. The highest BCUT2D eigenvalue weighted by atomic mass is 32.2. The first-order chi connectivity index (χ1) is 13.4. The Morgan fingerprint density at radius 2 is 2.04 bits per heavy atom. The number of thioether (sulfide) groups is 1. The van der Waals surface area contributed by atoms with E-state index in [9.17, 15) is 18.4 Å². The van der Waals surface area contributed by atoms with Crippen LogP contribution in [0.3, 0.4) is 0 Å². The monoisotopic (exact) mass is 427 g/mol. The number of benzene rings is 1. The van der Waals surface area contributed by atoms with Crippen molar-refractivity contribution >= 4 is 45.9 Å². The highest BCUT2D eigenvalue weighted by Gasteiger charge is 2.33. The van der Waals surface area contributed by atoms with Gasteiger partial charge < -0.3 is 5.11 Å². The van der Waals surface area contributed by atoms with Gasteiger partial charge in [-0.1, -0.05) is 24.2 Å². The summed E-state index contributed by atoms with van der Waals surface area (Å²) in [6, 6.07) is 2.56. The fourth-order valence-corrected chi connectivity index (χ4v) is 4.78. The summed E-state index contributed by atoms with van der Waals surface area (Å²) < 4.78 is 28.4. The normalized spacial score (nSPS) is 14.2. The van der Waals surface area contributed by atoms with E-state index in [1.54, 1.807) is 0 Å². The van der Waals surface area contributed by atoms with Gasteiger partial charge in [-0.3, -0.25) is 14.6 Å². The molecule has 0 radical (unpaired) electrons. The zero-order valence-corrected chi connectivity index (χ0v) is 16.7. The van der Waals surface area contributed by atoms with Crippen LogP contribution in [0.15, 0.2) is 28.6 Å². The highest BCUT2D eigenvalue weighted by molar-refractivity contribution is 8.01. The third-order valence-electron chi connectivity index (χ3n) is 4.45. The molecular weight excluding hydrogens is 408 g/mol. The van der Waals surface area contributed by atoms with Crippen molar-refractivity contribution in [3.8, 4) is 0 Å². The van der Waals surface area contributed by atoms with Crippen LogP contribution in [0.4, 0.5) is 24.4 Å². The minimum atomic E-state index is -0.941. The third kappa shape index (κ3) is 4.61. The minimum Gasteiger partial charge on any atom is -0.481 e. The number of hydrogen-bond donors (Lipinski definition) is 1. The van der Waals surface area contributed by atoms with Gasteiger partial charge in [-0.25, -0.2) is 18.6 Å². The standard InChI is InChI=1S/C18H19F2N3O3S2/c1-22(17-21-9-16(28-17)27-10-15(24)25)18(26)23(12-4-2-3-5-12)14-7-6-11(19)8-13(14)20/h6-9,12H,2-5,10H2,1H3,(H,24,25). The summed E-state index contributed by atoms with van der Waals surface area (Å²) in [6.45, 7) is 0. The molecule has 0 atom stereocenters. The Bertz CT molecular complexity index is 872. The maximum Gasteiger partial charge on any atom is 0.330 e. The van der Waals surface area contributed by atoms with E-state index in [0.717, 1.165) is 49.6 Å². The Kier molecular flexibility index (Phi) is 6.50. The fourth-order valence-electron chi connectivity index (χ4n) is 3.14. The van der Waals surface area contributed by atoms with Gasteiger partial charge in [0, 0.05) is 19.2 Å². The van der Waals surface area contributed by atoms with Crippen LogP contribution in [0.5, 0.6) is 0 Å². The van der Waals surface area contributed by atoms with Gasteiger partial charge in [0.1, 0.15) is 11.6 Å². The molecule has 1 aliphatic rings. The molecule has 2 aromatic rings. The van der Waals surface area contributed by atoms with Crippen molar-refractivity contribution < 1.29 is 23.5 Å². The largest absolute Gasteiger partial charge is 0.481 e. The summed E-state index contributed by atoms with van der Waals surface area (Å²) in [5.74, 6) is -2.53. The number of amides is 2. The molecule has 1 saturated carbocycles. The lowest BCUT2D eigenvalue weighted by Gasteiger charge is -2.32. The quantitative estimate of drug-likeness (QED) is 0.682. The summed E-state index contributed by atoms with van der Waals surface area (Å²) in [7, 11) is 1.54. The maximum atomic E-state index is 14.4. The van der Waals surface area contributed by atoms with E-state index >= 15 is 0 Å². The number of urea groups is 1. The molecule has 0 unspecified atom stereocenters. The average Bonchev–Trinajstić information content (AvgIpc) is 3.33. The van der Waals surface area contributed by atoms with E-state index in [4.69, 9.17) is 5.11 Å². The van der Waals surface area contributed by atoms with E-state index in [2.05, 4.69) is 4.98 Å². The van der Waals surface area contributed by atoms with Crippen LogP contribution >= 0.6 is 23.1 Å². The van der Waals surface area contributed by atoms with Crippen molar-refractivity contribution in [1.82, 2.24) is 4.98 Å². The zero-order chi connectivity index (χ0) is 20.3. The molecule has 0 spiro atoms. The number of thiazole rings is 1. The predicted octanol–water partition coefficient (Wildman–Crippen LogP) is 4.60. The molecule has 0 saturated heterocycles. The Morgan fingerprint density at radius 3 is 2.68 bits per heavy atom. The van der Waals surface area contributed by atoms with E-state index in [1.165, 1.54) is 40.4 Å². The first-order valence-electron chi connectivity index (χ1n) is 8.69. The highest BCUT2D eigenvalue weighted by Crippen LogP contribution is 2.34. The molecule has 28 heavy (non-hydrogen) atoms. The molecule has 150 valence electrons. The molecule has 1 aromatic heterocycles. The van der Waals surface area contributed by atoms with E-state index in [1.807, 2.05) is 0 Å². The molecule has 3 rings (SSSR count). The smallest absolute Gasteiger partial charge is 0.330 e. The second-order valence-corrected chi connectivity index (χ2v) is 8.67. The van der Waals surface area contributed by atoms with E-state index in [0.29, 0.717) is 9.34 Å². The van der Waals surface area contributed by atoms with Crippen molar-refractivity contribution in [3.05, 3.63) is 36.0 Å². The number of hydrogen-bond acceptors (Lipinski definition) is 5. The molecule has 2 amide bonds. The number of anilines is 2. The van der Waals surface area contributed by atoms with Crippen LogP contribution in [0, 0.1) is 11.6 Å². The van der Waals surface area contributed by atoms with Gasteiger partial charge in [-0.15, -0.1) is 11.8 Å². The summed E-state index contributed by atoms with van der Waals surface area (Å²) in [5, 5.41) is 9.15. The average molecular weight is 427 g/mol. The predicted molar refractivity (Wildman–Crippen MR) is 105 cm³/mol. The Labute approximate surface area is 169 Å². The molecule has 1 heterocycles. The number of aliphatic carboxylic acids is 1. The molecular formula is C18H19F2N3O3S2. The first-order valence-corrected chi connectivity index (χ1v) is 10.5. The molecule has 0 bridgehead atoms. The van der Waals surface area contributed by atoms with Crippen LogP contribution in [-0.4, -0.2) is 40.9 Å². The summed E-state index contributed by atoms with van der Waals surface area (Å²) >= 11 is 2.30. The van der Waals surface area contributed by atoms with Crippen LogP contribution in [0.2, 0.25) is 0 Å². The number of carbonyl (C=O) groups excluding carboxylic acids is 1. The molecule has 0 aliphatic heterocycles. The topological polar surface area (TPSA) is 73.7 Å². The van der Waals surface area contributed by atoms with Gasteiger partial charge in [-0.2, -0.15) is 0 Å². The third-order valence-corrected chi connectivity index (χ3v) is 6.70. The lowest BCUT2D eigenvalue weighted by molar-refractivity contribution is -0.133. The molecule has 6 nitrogen and oxygen atoms in total. The molecule has 1 N–H and O–H groups in total. The fraction of sp³-hybridized carbons (Fsp3) is 0.389. The van der Waals surface area contributed by atoms with Crippen molar-refractivity contribution in [2.45, 2.75) is 35.9 Å². The van der Waals surface area contributed by atoms with Gasteiger partial charge in [0.2, 0.25) is 0 Å². The first kappa shape index (κ1) is 20.5. The minimum absolute atomic E-state index is 0.0437. The molecule has 1 aromatic carbocycles. The Hall–Kier alpha value is -2.20. The van der Waals surface area contributed by atoms with E-state index < -0.39 is 23.6 Å². The number of aromatic nitrogens is 1. The number of rotatable bonds is 6.